The van der Waals surface area contributed by atoms with E-state index in [1.165, 1.54) is 15.9 Å². The van der Waals surface area contributed by atoms with E-state index in [2.05, 4.69) is 9.97 Å². The molecular weight excluding hydrogens is 623 g/mol. The molecule has 3 aromatic rings. The number of quaternary nitrogens is 1. The van der Waals surface area contributed by atoms with E-state index < -0.39 is 22.9 Å². The first-order valence-corrected chi connectivity index (χ1v) is 17.7. The van der Waals surface area contributed by atoms with Gasteiger partial charge in [0.2, 0.25) is 5.88 Å². The second-order valence-electron chi connectivity index (χ2n) is 13.3. The highest BCUT2D eigenvalue weighted by Crippen LogP contribution is 2.41. The largest absolute Gasteiger partial charge is 0.860 e. The van der Waals surface area contributed by atoms with Gasteiger partial charge in [0, 0.05) is 23.2 Å². The third-order valence-corrected chi connectivity index (χ3v) is 11.0. The minimum atomic E-state index is -1.17. The molecule has 3 aliphatic rings. The van der Waals surface area contributed by atoms with Gasteiger partial charge in [0.05, 0.1) is 31.7 Å². The van der Waals surface area contributed by atoms with E-state index in [0.717, 1.165) is 95.7 Å². The van der Waals surface area contributed by atoms with Crippen LogP contribution in [0.3, 0.4) is 0 Å². The number of aromatic hydroxyl groups is 1. The van der Waals surface area contributed by atoms with Gasteiger partial charge in [0.25, 0.3) is 11.1 Å². The molecule has 12 heteroatoms. The normalized spacial score (nSPS) is 19.2. The summed E-state index contributed by atoms with van der Waals surface area (Å²) in [5.41, 5.74) is 0.00173. The molecule has 0 amide bonds. The first-order chi connectivity index (χ1) is 22.3. The summed E-state index contributed by atoms with van der Waals surface area (Å²) in [7, 11) is 1.63. The number of likely N-dealkylation sites (tertiary alicyclic amines) is 1. The van der Waals surface area contributed by atoms with Crippen molar-refractivity contribution >= 4 is 24.4 Å². The summed E-state index contributed by atoms with van der Waals surface area (Å²) in [6.07, 6.45) is 12.8. The van der Waals surface area contributed by atoms with Crippen LogP contribution in [0.5, 0.6) is 17.5 Å². The van der Waals surface area contributed by atoms with E-state index in [-0.39, 0.29) is 38.6 Å². The van der Waals surface area contributed by atoms with E-state index in [4.69, 9.17) is 29.2 Å². The summed E-state index contributed by atoms with van der Waals surface area (Å²) < 4.78 is 9.13. The fraction of sp³-hybridized carbons (Fsp3) is 0.588. The lowest BCUT2D eigenvalue weighted by Crippen LogP contribution is -3.11. The van der Waals surface area contributed by atoms with Crippen LogP contribution in [0.25, 0.3) is 0 Å². The molecule has 10 nitrogen and oxygen atoms in total. The van der Waals surface area contributed by atoms with Crippen molar-refractivity contribution in [2.45, 2.75) is 108 Å². The van der Waals surface area contributed by atoms with Crippen molar-refractivity contribution in [2.75, 3.05) is 20.2 Å². The van der Waals surface area contributed by atoms with Crippen molar-refractivity contribution in [3.63, 3.8) is 0 Å². The Morgan fingerprint density at radius 3 is 2.02 bits per heavy atom. The first kappa shape index (κ1) is 32.7. The van der Waals surface area contributed by atoms with Gasteiger partial charge in [-0.2, -0.15) is 0 Å². The second kappa shape index (κ2) is 14.3. The van der Waals surface area contributed by atoms with Gasteiger partial charge in [-0.25, -0.2) is 0 Å². The number of ether oxygens (including phenoxy) is 1. The number of nitrogens with zero attached hydrogens (tertiary/aromatic N) is 2. The Morgan fingerprint density at radius 1 is 0.870 bits per heavy atom. The maximum atomic E-state index is 14.5. The lowest BCUT2D eigenvalue weighted by atomic mass is 9.85. The Morgan fingerprint density at radius 2 is 1.41 bits per heavy atom. The summed E-state index contributed by atoms with van der Waals surface area (Å²) in [4.78, 5) is 34.8. The van der Waals surface area contributed by atoms with Crippen LogP contribution in [0.1, 0.15) is 124 Å². The smallest absolute Gasteiger partial charge is 0.259 e. The molecule has 1 aromatic carbocycles. The van der Waals surface area contributed by atoms with Crippen LogP contribution in [-0.4, -0.2) is 44.4 Å². The Balaban J connectivity index is 1.60. The minimum absolute atomic E-state index is 0.0597. The van der Waals surface area contributed by atoms with Gasteiger partial charge in [-0.05, 0) is 93.0 Å². The zero-order valence-corrected chi connectivity index (χ0v) is 28.2. The number of methoxy groups -OCH3 is 1. The highest BCUT2D eigenvalue weighted by molar-refractivity contribution is 7.71. The molecule has 3 fully saturated rings. The number of hydrogen-bond acceptors (Lipinski definition) is 7. The Bertz CT molecular complexity index is 1700. The first-order valence-electron chi connectivity index (χ1n) is 16.9. The highest BCUT2D eigenvalue weighted by Gasteiger charge is 2.33. The van der Waals surface area contributed by atoms with Crippen molar-refractivity contribution in [3.8, 4) is 17.5 Å². The summed E-state index contributed by atoms with van der Waals surface area (Å²) in [5, 5.41) is 26.5. The van der Waals surface area contributed by atoms with E-state index in [1.54, 1.807) is 17.7 Å². The quantitative estimate of drug-likeness (QED) is 0.257. The average molecular weight is 668 g/mol. The van der Waals surface area contributed by atoms with Crippen LogP contribution in [0.15, 0.2) is 27.8 Å². The number of aromatic amines is 2. The maximum absolute atomic E-state index is 14.5. The van der Waals surface area contributed by atoms with E-state index >= 15 is 0 Å². The van der Waals surface area contributed by atoms with Crippen molar-refractivity contribution in [3.05, 3.63) is 70.7 Å². The third-order valence-electron chi connectivity index (χ3n) is 10.4. The highest BCUT2D eigenvalue weighted by atomic mass is 32.1. The van der Waals surface area contributed by atoms with Gasteiger partial charge in [-0.3, -0.25) is 24.1 Å². The predicted molar refractivity (Wildman–Crippen MR) is 179 cm³/mol. The minimum Gasteiger partial charge on any atom is -0.860 e. The average Bonchev–Trinajstić information content (AvgIpc) is 3.05. The van der Waals surface area contributed by atoms with Gasteiger partial charge < -0.3 is 24.4 Å². The SMILES string of the molecule is COc1ccc(C(c2c([O-])n(C3CCCCC3)c(=S)[nH]c2=O)c2c(O)n(C3CCCCC3)c(=S)[nH]c2=O)cc1C[NH+]1CCCCC1. The zero-order valence-electron chi connectivity index (χ0n) is 26.6. The molecule has 2 saturated carbocycles. The number of hydrogen-bond donors (Lipinski definition) is 4. The van der Waals surface area contributed by atoms with Gasteiger partial charge in [0.15, 0.2) is 9.54 Å². The zero-order chi connectivity index (χ0) is 32.4. The number of H-pyrrole nitrogens is 2. The predicted octanol–water partition coefficient (Wildman–Crippen LogP) is 4.67. The fourth-order valence-electron chi connectivity index (χ4n) is 8.05. The summed E-state index contributed by atoms with van der Waals surface area (Å²) in [6.45, 7) is 2.79. The van der Waals surface area contributed by atoms with Crippen LogP contribution in [-0.2, 0) is 6.54 Å². The number of nitrogens with one attached hydrogen (secondary N) is 3. The molecule has 3 heterocycles. The van der Waals surface area contributed by atoms with Crippen molar-refractivity contribution in [1.82, 2.24) is 19.1 Å². The molecule has 6 rings (SSSR count). The molecule has 46 heavy (non-hydrogen) atoms. The summed E-state index contributed by atoms with van der Waals surface area (Å²) in [5.74, 6) is -1.28. The number of piperidine rings is 1. The Kier molecular flexibility index (Phi) is 10.1. The molecule has 0 bridgehead atoms. The van der Waals surface area contributed by atoms with Crippen molar-refractivity contribution in [1.29, 1.82) is 0 Å². The van der Waals surface area contributed by atoms with Crippen LogP contribution in [0, 0.1) is 9.54 Å². The maximum Gasteiger partial charge on any atom is 0.259 e. The summed E-state index contributed by atoms with van der Waals surface area (Å²) >= 11 is 11.1. The molecular formula is C34H45N5O5S2. The van der Waals surface area contributed by atoms with Crippen LogP contribution in [0.2, 0.25) is 0 Å². The van der Waals surface area contributed by atoms with E-state index in [9.17, 15) is 19.8 Å². The molecule has 1 unspecified atom stereocenters. The third kappa shape index (κ3) is 6.48. The standard InChI is InChI=1S/C34H45N5O5S2/c1-44-25-16-15-21(19-22(25)20-37-17-9-4-10-18-37)26(27-29(40)35-33(45)38(31(27)42)23-11-5-2-6-12-23)28-30(41)36-34(46)39(32(28)43)24-13-7-3-8-14-24/h15-16,19,23-24,26,42-43H,2-14,17-18,20H2,1H3,(H,35,40,45)(H,36,41,46). The van der Waals surface area contributed by atoms with Crippen LogP contribution < -0.4 is 25.9 Å². The van der Waals surface area contributed by atoms with E-state index in [0.29, 0.717) is 17.9 Å². The molecule has 2 aliphatic carbocycles. The Hall–Kier alpha value is -3.22. The molecule has 4 N–H and O–H groups in total. The van der Waals surface area contributed by atoms with Gasteiger partial charge >= 0.3 is 0 Å². The molecule has 2 aromatic heterocycles. The molecule has 1 aliphatic heterocycles. The lowest BCUT2D eigenvalue weighted by Gasteiger charge is -2.33. The van der Waals surface area contributed by atoms with Crippen LogP contribution >= 0.6 is 24.4 Å². The lowest BCUT2D eigenvalue weighted by molar-refractivity contribution is -0.918. The fourth-order valence-corrected chi connectivity index (χ4v) is 8.70. The number of rotatable bonds is 8. The van der Waals surface area contributed by atoms with Crippen molar-refractivity contribution < 1.29 is 19.8 Å². The monoisotopic (exact) mass is 667 g/mol. The molecule has 0 radical (unpaired) electrons. The van der Waals surface area contributed by atoms with E-state index in [1.807, 2.05) is 12.1 Å². The number of benzene rings is 1. The summed E-state index contributed by atoms with van der Waals surface area (Å²) in [6, 6.07) is 5.31. The van der Waals surface area contributed by atoms with Gasteiger partial charge in [-0.15, -0.1) is 0 Å². The number of aromatic nitrogens is 4. The molecule has 0 spiro atoms. The second-order valence-corrected chi connectivity index (χ2v) is 14.1. The van der Waals surface area contributed by atoms with Gasteiger partial charge in [-0.1, -0.05) is 44.6 Å². The van der Waals surface area contributed by atoms with Crippen molar-refractivity contribution in [2.24, 2.45) is 0 Å². The van der Waals surface area contributed by atoms with Crippen LogP contribution in [0.4, 0.5) is 0 Å². The topological polar surface area (TPSA) is 133 Å². The Labute approximate surface area is 279 Å². The molecule has 1 saturated heterocycles. The molecule has 1 atom stereocenters. The van der Waals surface area contributed by atoms with Gasteiger partial charge in [0.1, 0.15) is 12.3 Å². The molecule has 248 valence electrons.